The van der Waals surface area contributed by atoms with Crippen molar-refractivity contribution < 1.29 is 9.47 Å². The monoisotopic (exact) mass is 409 g/mol. The molecule has 26 heavy (non-hydrogen) atoms. The van der Waals surface area contributed by atoms with Gasteiger partial charge in [0.15, 0.2) is 11.5 Å². The highest BCUT2D eigenvalue weighted by Crippen LogP contribution is 2.29. The Morgan fingerprint density at radius 3 is 2.58 bits per heavy atom. The predicted octanol–water partition coefficient (Wildman–Crippen LogP) is 5.70. The lowest BCUT2D eigenvalue weighted by atomic mass is 10.2. The standard InChI is InChI=1S/C20H20ClNO2S.ClH/c1-23-20-11-15(12-22-13-16-5-2-3-7-18(16)21)8-9-19(20)24-14-17-6-4-10-25-17;/h2-11,22H,12-14H2,1H3;1H. The van der Waals surface area contributed by atoms with E-state index in [2.05, 4.69) is 11.4 Å². The van der Waals surface area contributed by atoms with Gasteiger partial charge in [-0.1, -0.05) is 41.9 Å². The number of nitrogens with one attached hydrogen (secondary N) is 1. The predicted molar refractivity (Wildman–Crippen MR) is 111 cm³/mol. The van der Waals surface area contributed by atoms with Crippen molar-refractivity contribution in [3.05, 3.63) is 81.0 Å². The molecule has 0 amide bonds. The Bertz CT molecular complexity index is 809. The summed E-state index contributed by atoms with van der Waals surface area (Å²) in [6.07, 6.45) is 0. The highest BCUT2D eigenvalue weighted by Gasteiger charge is 2.07. The first-order valence-electron chi connectivity index (χ1n) is 8.02. The van der Waals surface area contributed by atoms with Crippen molar-refractivity contribution in [1.82, 2.24) is 5.32 Å². The molecule has 0 saturated carbocycles. The number of hydrogen-bond acceptors (Lipinski definition) is 4. The van der Waals surface area contributed by atoms with E-state index >= 15 is 0 Å². The normalized spacial score (nSPS) is 10.2. The molecular formula is C20H21Cl2NO2S. The molecule has 3 aromatic rings. The molecule has 0 spiro atoms. The van der Waals surface area contributed by atoms with Gasteiger partial charge in [-0.05, 0) is 40.8 Å². The number of ether oxygens (including phenoxy) is 2. The first-order chi connectivity index (χ1) is 12.3. The van der Waals surface area contributed by atoms with Gasteiger partial charge in [0.05, 0.1) is 7.11 Å². The third kappa shape index (κ3) is 5.64. The van der Waals surface area contributed by atoms with E-state index in [1.54, 1.807) is 18.4 Å². The van der Waals surface area contributed by atoms with Gasteiger partial charge in [-0.3, -0.25) is 0 Å². The molecule has 2 aromatic carbocycles. The van der Waals surface area contributed by atoms with Crippen LogP contribution in [0.1, 0.15) is 16.0 Å². The molecule has 1 heterocycles. The molecule has 0 aliphatic heterocycles. The second-order valence-electron chi connectivity index (χ2n) is 5.55. The van der Waals surface area contributed by atoms with Gasteiger partial charge in [0.25, 0.3) is 0 Å². The van der Waals surface area contributed by atoms with Crippen molar-refractivity contribution in [3.8, 4) is 11.5 Å². The van der Waals surface area contributed by atoms with Gasteiger partial charge in [0, 0.05) is 23.0 Å². The number of hydrogen-bond donors (Lipinski definition) is 1. The molecule has 0 bridgehead atoms. The lowest BCUT2D eigenvalue weighted by molar-refractivity contribution is 0.287. The second-order valence-corrected chi connectivity index (χ2v) is 6.99. The summed E-state index contributed by atoms with van der Waals surface area (Å²) in [4.78, 5) is 1.19. The molecule has 0 fully saturated rings. The fourth-order valence-corrected chi connectivity index (χ4v) is 3.29. The van der Waals surface area contributed by atoms with Gasteiger partial charge in [-0.25, -0.2) is 0 Å². The number of thiophene rings is 1. The molecule has 3 rings (SSSR count). The average molecular weight is 410 g/mol. The van der Waals surface area contributed by atoms with E-state index in [1.165, 1.54) is 4.88 Å². The molecule has 0 aliphatic rings. The smallest absolute Gasteiger partial charge is 0.161 e. The van der Waals surface area contributed by atoms with Crippen molar-refractivity contribution in [3.63, 3.8) is 0 Å². The third-order valence-corrected chi connectivity index (χ3v) is 5.00. The Morgan fingerprint density at radius 2 is 1.85 bits per heavy atom. The Kier molecular flexibility index (Phi) is 8.26. The van der Waals surface area contributed by atoms with Crippen LogP contribution in [0.3, 0.4) is 0 Å². The van der Waals surface area contributed by atoms with Crippen LogP contribution in [-0.2, 0) is 19.7 Å². The van der Waals surface area contributed by atoms with Crippen LogP contribution in [0.5, 0.6) is 11.5 Å². The largest absolute Gasteiger partial charge is 0.493 e. The fraction of sp³-hybridized carbons (Fsp3) is 0.200. The van der Waals surface area contributed by atoms with Crippen LogP contribution in [0.25, 0.3) is 0 Å². The second kappa shape index (κ2) is 10.4. The molecular weight excluding hydrogens is 389 g/mol. The van der Waals surface area contributed by atoms with Gasteiger partial charge in [0.1, 0.15) is 6.61 Å². The van der Waals surface area contributed by atoms with Gasteiger partial charge < -0.3 is 14.8 Å². The average Bonchev–Trinajstić information content (AvgIpc) is 3.15. The van der Waals surface area contributed by atoms with Gasteiger partial charge >= 0.3 is 0 Å². The first kappa shape index (κ1) is 20.6. The maximum atomic E-state index is 6.18. The summed E-state index contributed by atoms with van der Waals surface area (Å²) in [5, 5.41) is 6.23. The highest BCUT2D eigenvalue weighted by molar-refractivity contribution is 7.09. The zero-order valence-electron chi connectivity index (χ0n) is 14.4. The lowest BCUT2D eigenvalue weighted by Crippen LogP contribution is -2.13. The zero-order chi connectivity index (χ0) is 17.5. The molecule has 1 aromatic heterocycles. The van der Waals surface area contributed by atoms with Crippen LogP contribution in [0.4, 0.5) is 0 Å². The Morgan fingerprint density at radius 1 is 1.00 bits per heavy atom. The molecule has 0 aliphatic carbocycles. The topological polar surface area (TPSA) is 30.5 Å². The first-order valence-corrected chi connectivity index (χ1v) is 9.28. The summed E-state index contributed by atoms with van der Waals surface area (Å²) in [6, 6.07) is 17.9. The van der Waals surface area contributed by atoms with Crippen molar-refractivity contribution in [1.29, 1.82) is 0 Å². The summed E-state index contributed by atoms with van der Waals surface area (Å²) in [6.45, 7) is 2.00. The number of halogens is 2. The minimum atomic E-state index is 0. The van der Waals surface area contributed by atoms with Crippen LogP contribution in [0.2, 0.25) is 5.02 Å². The Labute approximate surface area is 169 Å². The number of benzene rings is 2. The maximum absolute atomic E-state index is 6.18. The van der Waals surface area contributed by atoms with Crippen molar-refractivity contribution in [2.24, 2.45) is 0 Å². The number of methoxy groups -OCH3 is 1. The third-order valence-electron chi connectivity index (χ3n) is 3.78. The number of rotatable bonds is 8. The molecule has 0 unspecified atom stereocenters. The van der Waals surface area contributed by atoms with Gasteiger partial charge in [0.2, 0.25) is 0 Å². The van der Waals surface area contributed by atoms with Crippen molar-refractivity contribution >= 4 is 35.3 Å². The van der Waals surface area contributed by atoms with Crippen molar-refractivity contribution in [2.45, 2.75) is 19.7 Å². The van der Waals surface area contributed by atoms with Crippen LogP contribution >= 0.6 is 35.3 Å². The van der Waals surface area contributed by atoms with Crippen LogP contribution in [0, 0.1) is 0 Å². The minimum Gasteiger partial charge on any atom is -0.493 e. The van der Waals surface area contributed by atoms with E-state index in [0.717, 1.165) is 40.7 Å². The Balaban J connectivity index is 0.00000243. The fourth-order valence-electron chi connectivity index (χ4n) is 2.47. The maximum Gasteiger partial charge on any atom is 0.161 e. The van der Waals surface area contributed by atoms with Crippen LogP contribution in [-0.4, -0.2) is 7.11 Å². The summed E-state index contributed by atoms with van der Waals surface area (Å²) >= 11 is 7.86. The van der Waals surface area contributed by atoms with Gasteiger partial charge in [-0.2, -0.15) is 0 Å². The summed E-state index contributed by atoms with van der Waals surface area (Å²) in [5.74, 6) is 1.50. The highest BCUT2D eigenvalue weighted by atomic mass is 35.5. The van der Waals surface area contributed by atoms with E-state index in [4.69, 9.17) is 21.1 Å². The molecule has 0 atom stereocenters. The van der Waals surface area contributed by atoms with E-state index in [1.807, 2.05) is 53.9 Å². The molecule has 138 valence electrons. The summed E-state index contributed by atoms with van der Waals surface area (Å²) in [5.41, 5.74) is 2.22. The SMILES string of the molecule is COc1cc(CNCc2ccccc2Cl)ccc1OCc1cccs1.Cl. The van der Waals surface area contributed by atoms with E-state index < -0.39 is 0 Å². The molecule has 6 heteroatoms. The zero-order valence-corrected chi connectivity index (χ0v) is 16.8. The summed E-state index contributed by atoms with van der Waals surface area (Å²) < 4.78 is 11.3. The molecule has 1 N–H and O–H groups in total. The van der Waals surface area contributed by atoms with E-state index in [-0.39, 0.29) is 12.4 Å². The molecule has 3 nitrogen and oxygen atoms in total. The van der Waals surface area contributed by atoms with Gasteiger partial charge in [-0.15, -0.1) is 23.7 Å². The summed E-state index contributed by atoms with van der Waals surface area (Å²) in [7, 11) is 1.66. The van der Waals surface area contributed by atoms with E-state index in [9.17, 15) is 0 Å². The Hall–Kier alpha value is -1.72. The van der Waals surface area contributed by atoms with E-state index in [0.29, 0.717) is 6.61 Å². The lowest BCUT2D eigenvalue weighted by Gasteiger charge is -2.12. The minimum absolute atomic E-state index is 0. The molecule has 0 radical (unpaired) electrons. The molecule has 0 saturated heterocycles. The quantitative estimate of drug-likeness (QED) is 0.517. The van der Waals surface area contributed by atoms with Crippen LogP contribution in [0.15, 0.2) is 60.0 Å². The van der Waals surface area contributed by atoms with Crippen molar-refractivity contribution in [2.75, 3.05) is 7.11 Å². The van der Waals surface area contributed by atoms with Crippen LogP contribution < -0.4 is 14.8 Å².